The van der Waals surface area contributed by atoms with Crippen LogP contribution in [0.4, 0.5) is 23.4 Å². The van der Waals surface area contributed by atoms with E-state index < -0.39 is 23.8 Å². The number of hydrogen-bond donors (Lipinski definition) is 1. The van der Waals surface area contributed by atoms with Crippen LogP contribution >= 0.6 is 0 Å². The molecule has 2 unspecified atom stereocenters. The summed E-state index contributed by atoms with van der Waals surface area (Å²) in [5.41, 5.74) is 1.04. The van der Waals surface area contributed by atoms with Crippen LogP contribution in [0, 0.1) is 0 Å². The Balaban J connectivity index is 1.35. The van der Waals surface area contributed by atoms with Crippen LogP contribution in [-0.4, -0.2) is 58.5 Å². The number of carbonyl (C=O) groups is 1. The Morgan fingerprint density at radius 3 is 2.38 bits per heavy atom. The number of rotatable bonds is 4. The predicted octanol–water partition coefficient (Wildman–Crippen LogP) is 4.98. The molecule has 2 fully saturated rings. The smallest absolute Gasteiger partial charge is 0.353 e. The summed E-state index contributed by atoms with van der Waals surface area (Å²) >= 11 is 0. The van der Waals surface area contributed by atoms with E-state index in [1.54, 1.807) is 4.90 Å². The van der Waals surface area contributed by atoms with E-state index in [0.29, 0.717) is 43.9 Å². The van der Waals surface area contributed by atoms with E-state index in [9.17, 15) is 22.4 Å². The van der Waals surface area contributed by atoms with Crippen molar-refractivity contribution in [1.29, 1.82) is 0 Å². The third kappa shape index (κ3) is 5.04. The molecule has 200 valence electrons. The molecular weight excluding hydrogens is 486 g/mol. The Morgan fingerprint density at radius 2 is 1.78 bits per heavy atom. The number of carbonyl (C=O) groups excluding carboxylic acids is 1. The Labute approximate surface area is 214 Å². The summed E-state index contributed by atoms with van der Waals surface area (Å²) in [7, 11) is 0. The topological polar surface area (TPSA) is 61.4 Å². The molecule has 0 spiro atoms. The van der Waals surface area contributed by atoms with E-state index in [1.807, 2.05) is 6.92 Å². The Bertz CT molecular complexity index is 1140. The summed E-state index contributed by atoms with van der Waals surface area (Å²) in [5.74, 6) is 0.107. The predicted molar refractivity (Wildman–Crippen MR) is 132 cm³/mol. The summed E-state index contributed by atoms with van der Waals surface area (Å²) in [6, 6.07) is 4.83. The second-order valence-corrected chi connectivity index (χ2v) is 11.2. The second kappa shape index (κ2) is 9.53. The van der Waals surface area contributed by atoms with Gasteiger partial charge in [0.1, 0.15) is 18.3 Å². The number of aromatic nitrogens is 2. The first-order valence-electron chi connectivity index (χ1n) is 12.9. The van der Waals surface area contributed by atoms with Gasteiger partial charge in [-0.1, -0.05) is 19.1 Å². The van der Waals surface area contributed by atoms with Crippen LogP contribution in [0.15, 0.2) is 30.6 Å². The van der Waals surface area contributed by atoms with Crippen molar-refractivity contribution in [3.8, 4) is 0 Å². The highest BCUT2D eigenvalue weighted by Gasteiger charge is 2.42. The molecule has 1 aromatic carbocycles. The maximum atomic E-state index is 14.4. The average molecular weight is 520 g/mol. The van der Waals surface area contributed by atoms with Gasteiger partial charge in [0, 0.05) is 43.3 Å². The van der Waals surface area contributed by atoms with Crippen molar-refractivity contribution in [3.05, 3.63) is 53.0 Å². The second-order valence-electron chi connectivity index (χ2n) is 11.2. The first-order valence-corrected chi connectivity index (χ1v) is 12.9. The Hall–Kier alpha value is -2.75. The summed E-state index contributed by atoms with van der Waals surface area (Å²) in [6.07, 6.45) is -2.06. The third-order valence-corrected chi connectivity index (χ3v) is 8.06. The highest BCUT2D eigenvalue weighted by molar-refractivity contribution is 5.85. The number of nitrogens with zero attached hydrogens (tertiary/aromatic N) is 4. The molecule has 5 rings (SSSR count). The monoisotopic (exact) mass is 519 g/mol. The zero-order valence-corrected chi connectivity index (χ0v) is 21.4. The van der Waals surface area contributed by atoms with Crippen LogP contribution in [0.1, 0.15) is 80.4 Å². The minimum atomic E-state index is -4.43. The zero-order valence-electron chi connectivity index (χ0n) is 21.4. The molecule has 2 aromatic rings. The average Bonchev–Trinajstić information content (AvgIpc) is 3.36. The van der Waals surface area contributed by atoms with E-state index in [1.165, 1.54) is 18.5 Å². The van der Waals surface area contributed by atoms with Gasteiger partial charge >= 0.3 is 6.18 Å². The molecule has 1 aliphatic carbocycles. The molecule has 10 heteroatoms. The highest BCUT2D eigenvalue weighted by atomic mass is 19.4. The van der Waals surface area contributed by atoms with Crippen LogP contribution in [0.2, 0.25) is 0 Å². The van der Waals surface area contributed by atoms with Gasteiger partial charge < -0.3 is 15.1 Å². The molecule has 0 saturated carbocycles. The molecule has 0 bridgehead atoms. The number of piperazine rings is 1. The number of anilines is 1. The van der Waals surface area contributed by atoms with Gasteiger partial charge in [0.2, 0.25) is 5.91 Å². The number of hydrogen-bond acceptors (Lipinski definition) is 5. The Morgan fingerprint density at radius 1 is 1.11 bits per heavy atom. The number of nitrogens with one attached hydrogen (secondary N) is 1. The largest absolute Gasteiger partial charge is 0.416 e. The van der Waals surface area contributed by atoms with Gasteiger partial charge in [-0.05, 0) is 56.7 Å². The van der Waals surface area contributed by atoms with Crippen molar-refractivity contribution in [2.75, 3.05) is 31.1 Å². The first kappa shape index (κ1) is 25.9. The lowest BCUT2D eigenvalue weighted by atomic mass is 9.88. The molecule has 6 nitrogen and oxygen atoms in total. The fourth-order valence-corrected chi connectivity index (χ4v) is 6.09. The lowest BCUT2D eigenvalue weighted by Gasteiger charge is -2.39. The molecule has 2 saturated heterocycles. The van der Waals surface area contributed by atoms with E-state index in [2.05, 4.69) is 34.0 Å². The van der Waals surface area contributed by atoms with Gasteiger partial charge in [0.05, 0.1) is 17.2 Å². The van der Waals surface area contributed by atoms with Crippen molar-refractivity contribution in [2.45, 2.75) is 75.8 Å². The van der Waals surface area contributed by atoms with E-state index in [4.69, 9.17) is 0 Å². The minimum absolute atomic E-state index is 0.0294. The lowest BCUT2D eigenvalue weighted by molar-refractivity contribution is -0.137. The van der Waals surface area contributed by atoms with Crippen LogP contribution in [0.25, 0.3) is 0 Å². The molecule has 1 N–H and O–H groups in total. The van der Waals surface area contributed by atoms with Crippen molar-refractivity contribution < 1.29 is 22.4 Å². The standard InChI is InChI=1S/C27H33F4N5O/c1-16-14-19(28)23-21(16)24(33-15-32-23)35-10-12-36(13-11-35)25(37)22(20-8-9-26(2,3)34-20)17-4-6-18(7-5-17)27(29,30)31/h4-7,15-16,19-20,22,34H,8-14H2,1-3H3/t16-,19+,20?,22?/m1/s1. The summed E-state index contributed by atoms with van der Waals surface area (Å²) in [4.78, 5) is 26.4. The number of halogens is 4. The van der Waals surface area contributed by atoms with Crippen LogP contribution in [-0.2, 0) is 11.0 Å². The molecule has 0 radical (unpaired) electrons. The zero-order chi connectivity index (χ0) is 26.5. The van der Waals surface area contributed by atoms with Gasteiger partial charge in [-0.3, -0.25) is 4.79 Å². The summed E-state index contributed by atoms with van der Waals surface area (Å²) < 4.78 is 53.9. The number of benzene rings is 1. The van der Waals surface area contributed by atoms with E-state index in [-0.39, 0.29) is 23.4 Å². The number of alkyl halides is 4. The van der Waals surface area contributed by atoms with Crippen molar-refractivity contribution >= 4 is 11.7 Å². The van der Waals surface area contributed by atoms with Gasteiger partial charge in [0.15, 0.2) is 0 Å². The van der Waals surface area contributed by atoms with Gasteiger partial charge in [-0.2, -0.15) is 13.2 Å². The lowest BCUT2D eigenvalue weighted by Crippen LogP contribution is -2.53. The van der Waals surface area contributed by atoms with Crippen LogP contribution in [0.5, 0.6) is 0 Å². The quantitative estimate of drug-likeness (QED) is 0.578. The summed E-state index contributed by atoms with van der Waals surface area (Å²) in [5, 5.41) is 3.53. The van der Waals surface area contributed by atoms with Crippen LogP contribution in [0.3, 0.4) is 0 Å². The fraction of sp³-hybridized carbons (Fsp3) is 0.593. The molecule has 3 heterocycles. The minimum Gasteiger partial charge on any atom is -0.353 e. The van der Waals surface area contributed by atoms with E-state index >= 15 is 0 Å². The molecule has 37 heavy (non-hydrogen) atoms. The fourth-order valence-electron chi connectivity index (χ4n) is 6.09. The van der Waals surface area contributed by atoms with Crippen molar-refractivity contribution in [2.24, 2.45) is 0 Å². The van der Waals surface area contributed by atoms with Gasteiger partial charge in [-0.15, -0.1) is 0 Å². The third-order valence-electron chi connectivity index (χ3n) is 8.06. The van der Waals surface area contributed by atoms with E-state index in [0.717, 1.165) is 36.4 Å². The molecule has 2 aliphatic heterocycles. The number of amides is 1. The molecule has 3 aliphatic rings. The normalized spacial score (nSPS) is 26.3. The molecule has 4 atom stereocenters. The SMILES string of the molecule is C[C@@H]1C[C@H](F)c2ncnc(N3CCN(C(=O)C(c4ccc(C(F)(F)F)cc4)C4CCC(C)(C)N4)CC3)c21. The van der Waals surface area contributed by atoms with Gasteiger partial charge in [0.25, 0.3) is 0 Å². The summed E-state index contributed by atoms with van der Waals surface area (Å²) in [6.45, 7) is 8.13. The van der Waals surface area contributed by atoms with Crippen molar-refractivity contribution in [3.63, 3.8) is 0 Å². The first-order chi connectivity index (χ1) is 17.4. The highest BCUT2D eigenvalue weighted by Crippen LogP contribution is 2.45. The molecular formula is C27H33F4N5O. The van der Waals surface area contributed by atoms with Crippen LogP contribution < -0.4 is 10.2 Å². The maximum absolute atomic E-state index is 14.4. The molecule has 1 amide bonds. The van der Waals surface area contributed by atoms with Gasteiger partial charge in [-0.25, -0.2) is 14.4 Å². The molecule has 1 aromatic heterocycles. The van der Waals surface area contributed by atoms with Crippen molar-refractivity contribution in [1.82, 2.24) is 20.2 Å². The Kier molecular flexibility index (Phi) is 6.66. The number of fused-ring (bicyclic) bond motifs is 1. The maximum Gasteiger partial charge on any atom is 0.416 e.